The van der Waals surface area contributed by atoms with Gasteiger partial charge in [0.2, 0.25) is 0 Å². The molecule has 0 fully saturated rings. The summed E-state index contributed by atoms with van der Waals surface area (Å²) in [6.07, 6.45) is 3.07. The number of halogens is 2. The Bertz CT molecular complexity index is 467. The number of allylic oxidation sites excluding steroid dienone is 1. The molecule has 0 N–H and O–H groups in total. The summed E-state index contributed by atoms with van der Waals surface area (Å²) in [4.78, 5) is 0.368. The molecule has 0 saturated heterocycles. The molecule has 0 bridgehead atoms. The van der Waals surface area contributed by atoms with E-state index >= 15 is 0 Å². The minimum absolute atomic E-state index is 0.368. The Kier molecular flexibility index (Phi) is 4.73. The van der Waals surface area contributed by atoms with Gasteiger partial charge in [-0.05, 0) is 47.5 Å². The van der Waals surface area contributed by atoms with E-state index in [0.29, 0.717) is 18.0 Å². The summed E-state index contributed by atoms with van der Waals surface area (Å²) in [6.45, 7) is 5.64. The standard InChI is InChI=1S/C14H16Br2O2/c1-9(10(2)15)6-11-7-12(16)14-13(8-11)17-4-3-5-18-14/h6-8,10H,3-5H2,1-2H3/b9-6+. The molecule has 1 aliphatic rings. The lowest BCUT2D eigenvalue weighted by Gasteiger charge is -2.11. The van der Waals surface area contributed by atoms with Gasteiger partial charge in [0.05, 0.1) is 17.7 Å². The van der Waals surface area contributed by atoms with Gasteiger partial charge in [-0.3, -0.25) is 0 Å². The molecule has 1 aliphatic heterocycles. The normalized spacial score (nSPS) is 17.2. The van der Waals surface area contributed by atoms with Crippen LogP contribution in [0.2, 0.25) is 0 Å². The van der Waals surface area contributed by atoms with Crippen molar-refractivity contribution in [3.05, 3.63) is 27.7 Å². The molecule has 1 atom stereocenters. The number of ether oxygens (including phenoxy) is 2. The summed E-state index contributed by atoms with van der Waals surface area (Å²) in [5.74, 6) is 1.64. The van der Waals surface area contributed by atoms with Crippen molar-refractivity contribution in [1.82, 2.24) is 0 Å². The number of rotatable bonds is 2. The van der Waals surface area contributed by atoms with E-state index in [-0.39, 0.29) is 0 Å². The van der Waals surface area contributed by atoms with Gasteiger partial charge in [-0.1, -0.05) is 27.6 Å². The monoisotopic (exact) mass is 374 g/mol. The molecular weight excluding hydrogens is 360 g/mol. The maximum absolute atomic E-state index is 5.72. The van der Waals surface area contributed by atoms with Gasteiger partial charge in [0.1, 0.15) is 0 Å². The molecule has 1 aromatic carbocycles. The van der Waals surface area contributed by atoms with E-state index in [1.54, 1.807) is 0 Å². The quantitative estimate of drug-likeness (QED) is 0.691. The van der Waals surface area contributed by atoms with Gasteiger partial charge in [-0.15, -0.1) is 0 Å². The molecule has 1 unspecified atom stereocenters. The second-order valence-corrected chi connectivity index (χ2v) is 6.61. The van der Waals surface area contributed by atoms with Gasteiger partial charge in [-0.2, -0.15) is 0 Å². The van der Waals surface area contributed by atoms with Crippen LogP contribution in [-0.2, 0) is 0 Å². The zero-order valence-corrected chi connectivity index (χ0v) is 13.7. The van der Waals surface area contributed by atoms with Crippen LogP contribution in [-0.4, -0.2) is 18.0 Å². The van der Waals surface area contributed by atoms with Crippen LogP contribution in [0.1, 0.15) is 25.8 Å². The van der Waals surface area contributed by atoms with Crippen LogP contribution in [0.5, 0.6) is 11.5 Å². The van der Waals surface area contributed by atoms with E-state index < -0.39 is 0 Å². The summed E-state index contributed by atoms with van der Waals surface area (Å²) >= 11 is 7.12. The molecule has 0 spiro atoms. The van der Waals surface area contributed by atoms with E-state index in [4.69, 9.17) is 9.47 Å². The Balaban J connectivity index is 2.37. The third-order valence-corrected chi connectivity index (χ3v) is 4.16. The highest BCUT2D eigenvalue weighted by atomic mass is 79.9. The zero-order valence-electron chi connectivity index (χ0n) is 10.5. The van der Waals surface area contributed by atoms with Gasteiger partial charge >= 0.3 is 0 Å². The molecule has 0 aromatic heterocycles. The lowest BCUT2D eigenvalue weighted by molar-refractivity contribution is 0.296. The van der Waals surface area contributed by atoms with Crippen LogP contribution >= 0.6 is 31.9 Å². The Morgan fingerprint density at radius 1 is 1.33 bits per heavy atom. The summed E-state index contributed by atoms with van der Waals surface area (Å²) in [5, 5.41) is 0. The number of alkyl halides is 1. The first kappa shape index (κ1) is 13.9. The Morgan fingerprint density at radius 3 is 2.78 bits per heavy atom. The fourth-order valence-electron chi connectivity index (χ4n) is 1.71. The van der Waals surface area contributed by atoms with Crippen molar-refractivity contribution in [3.8, 4) is 11.5 Å². The van der Waals surface area contributed by atoms with Crippen LogP contribution in [0.4, 0.5) is 0 Å². The second-order valence-electron chi connectivity index (χ2n) is 4.38. The lowest BCUT2D eigenvalue weighted by atomic mass is 10.1. The van der Waals surface area contributed by atoms with E-state index in [1.165, 1.54) is 5.57 Å². The maximum atomic E-state index is 5.72. The molecule has 0 aliphatic carbocycles. The molecule has 0 saturated carbocycles. The predicted molar refractivity (Wildman–Crippen MR) is 81.8 cm³/mol. The van der Waals surface area contributed by atoms with Crippen LogP contribution in [0.25, 0.3) is 6.08 Å². The van der Waals surface area contributed by atoms with Gasteiger partial charge < -0.3 is 9.47 Å². The molecule has 0 amide bonds. The maximum Gasteiger partial charge on any atom is 0.175 e. The van der Waals surface area contributed by atoms with Crippen molar-refractivity contribution in [2.24, 2.45) is 0 Å². The molecular formula is C14H16Br2O2. The van der Waals surface area contributed by atoms with E-state index in [1.807, 2.05) is 6.07 Å². The van der Waals surface area contributed by atoms with Crippen LogP contribution in [0.15, 0.2) is 22.2 Å². The van der Waals surface area contributed by atoms with Gasteiger partial charge in [0, 0.05) is 11.2 Å². The summed E-state index contributed by atoms with van der Waals surface area (Å²) in [7, 11) is 0. The Morgan fingerprint density at radius 2 is 2.06 bits per heavy atom. The summed E-state index contributed by atoms with van der Waals surface area (Å²) in [5.41, 5.74) is 2.39. The molecule has 2 rings (SSSR count). The first-order valence-electron chi connectivity index (χ1n) is 5.99. The van der Waals surface area contributed by atoms with Gasteiger partial charge in [0.15, 0.2) is 11.5 Å². The first-order valence-corrected chi connectivity index (χ1v) is 7.70. The number of hydrogen-bond donors (Lipinski definition) is 0. The fourth-order valence-corrected chi connectivity index (χ4v) is 2.42. The average molecular weight is 376 g/mol. The predicted octanol–water partition coefficient (Wildman–Crippen LogP) is 4.80. The fraction of sp³-hybridized carbons (Fsp3) is 0.429. The van der Waals surface area contributed by atoms with Crippen molar-refractivity contribution in [1.29, 1.82) is 0 Å². The molecule has 18 heavy (non-hydrogen) atoms. The summed E-state index contributed by atoms with van der Waals surface area (Å²) in [6, 6.07) is 4.09. The van der Waals surface area contributed by atoms with Crippen molar-refractivity contribution in [2.45, 2.75) is 25.1 Å². The molecule has 4 heteroatoms. The van der Waals surface area contributed by atoms with Crippen LogP contribution < -0.4 is 9.47 Å². The third-order valence-electron chi connectivity index (χ3n) is 2.85. The van der Waals surface area contributed by atoms with Crippen molar-refractivity contribution < 1.29 is 9.47 Å². The van der Waals surface area contributed by atoms with Crippen molar-refractivity contribution in [3.63, 3.8) is 0 Å². The van der Waals surface area contributed by atoms with Crippen molar-refractivity contribution >= 4 is 37.9 Å². The lowest BCUT2D eigenvalue weighted by Crippen LogP contribution is -1.97. The molecule has 1 heterocycles. The second kappa shape index (κ2) is 6.11. The minimum atomic E-state index is 0.368. The van der Waals surface area contributed by atoms with Gasteiger partial charge in [0.25, 0.3) is 0 Å². The first-order chi connectivity index (χ1) is 8.58. The number of benzene rings is 1. The van der Waals surface area contributed by atoms with Crippen LogP contribution in [0.3, 0.4) is 0 Å². The molecule has 1 aromatic rings. The topological polar surface area (TPSA) is 18.5 Å². The van der Waals surface area contributed by atoms with E-state index in [0.717, 1.165) is 28.0 Å². The average Bonchev–Trinajstić information content (AvgIpc) is 2.54. The smallest absolute Gasteiger partial charge is 0.175 e. The Hall–Kier alpha value is -0.480. The SMILES string of the molecule is C/C(=C\c1cc(Br)c2c(c1)OCCCO2)C(C)Br. The molecule has 0 radical (unpaired) electrons. The zero-order chi connectivity index (χ0) is 13.1. The van der Waals surface area contributed by atoms with E-state index in [9.17, 15) is 0 Å². The van der Waals surface area contributed by atoms with Crippen molar-refractivity contribution in [2.75, 3.05) is 13.2 Å². The van der Waals surface area contributed by atoms with E-state index in [2.05, 4.69) is 57.8 Å². The third kappa shape index (κ3) is 3.29. The summed E-state index contributed by atoms with van der Waals surface area (Å²) < 4.78 is 12.3. The molecule has 98 valence electrons. The van der Waals surface area contributed by atoms with Gasteiger partial charge in [-0.25, -0.2) is 0 Å². The van der Waals surface area contributed by atoms with Crippen LogP contribution in [0, 0.1) is 0 Å². The largest absolute Gasteiger partial charge is 0.489 e. The highest BCUT2D eigenvalue weighted by molar-refractivity contribution is 9.10. The number of fused-ring (bicyclic) bond motifs is 1. The highest BCUT2D eigenvalue weighted by Crippen LogP contribution is 2.38. The highest BCUT2D eigenvalue weighted by Gasteiger charge is 2.14. The minimum Gasteiger partial charge on any atom is -0.489 e. The number of hydrogen-bond acceptors (Lipinski definition) is 2. The molecule has 2 nitrogen and oxygen atoms in total. The Labute approximate surface area is 125 Å².